The fourth-order valence-electron chi connectivity index (χ4n) is 1.74. The van der Waals surface area contributed by atoms with E-state index in [4.69, 9.17) is 4.74 Å². The molecule has 0 fully saturated rings. The Morgan fingerprint density at radius 3 is 2.45 bits per heavy atom. The zero-order chi connectivity index (χ0) is 15.9. The summed E-state index contributed by atoms with van der Waals surface area (Å²) in [6.45, 7) is 2.72. The summed E-state index contributed by atoms with van der Waals surface area (Å²) in [5.41, 5.74) is -0.567. The van der Waals surface area contributed by atoms with Crippen molar-refractivity contribution in [2.24, 2.45) is 4.99 Å². The third-order valence-electron chi connectivity index (χ3n) is 2.83. The van der Waals surface area contributed by atoms with Gasteiger partial charge in [0.1, 0.15) is 5.75 Å². The van der Waals surface area contributed by atoms with Gasteiger partial charge in [0.2, 0.25) is 0 Å². The van der Waals surface area contributed by atoms with Crippen LogP contribution in [0.25, 0.3) is 0 Å². The van der Waals surface area contributed by atoms with Crippen molar-refractivity contribution in [1.29, 1.82) is 0 Å². The van der Waals surface area contributed by atoms with E-state index >= 15 is 0 Å². The number of alkyl halides is 3. The van der Waals surface area contributed by atoms with Crippen LogP contribution < -0.4 is 15.4 Å². The second kappa shape index (κ2) is 9.75. The first kappa shape index (κ1) is 20.8. The number of aliphatic imine (C=N–C) groups is 1. The molecule has 0 spiro atoms. The summed E-state index contributed by atoms with van der Waals surface area (Å²) >= 11 is 0. The van der Waals surface area contributed by atoms with Crippen LogP contribution in [0.5, 0.6) is 5.75 Å². The van der Waals surface area contributed by atoms with Gasteiger partial charge >= 0.3 is 6.18 Å². The first-order valence-electron chi connectivity index (χ1n) is 6.61. The van der Waals surface area contributed by atoms with Gasteiger partial charge in [0.25, 0.3) is 0 Å². The lowest BCUT2D eigenvalue weighted by Crippen LogP contribution is -2.37. The average molecular weight is 431 g/mol. The maximum atomic E-state index is 13.0. The molecule has 8 heteroatoms. The molecular weight excluding hydrogens is 410 g/mol. The highest BCUT2D eigenvalue weighted by Gasteiger charge is 2.33. The lowest BCUT2D eigenvalue weighted by atomic mass is 10.1. The molecule has 0 amide bonds. The van der Waals surface area contributed by atoms with Crippen molar-refractivity contribution in [3.63, 3.8) is 0 Å². The minimum Gasteiger partial charge on any atom is -0.497 e. The van der Waals surface area contributed by atoms with Gasteiger partial charge in [-0.1, -0.05) is 13.0 Å². The van der Waals surface area contributed by atoms with E-state index in [1.807, 2.05) is 6.92 Å². The largest absolute Gasteiger partial charge is 0.497 e. The molecule has 0 saturated heterocycles. The summed E-state index contributed by atoms with van der Waals surface area (Å²) in [7, 11) is 2.91. The molecule has 0 unspecified atom stereocenters. The Kier molecular flexibility index (Phi) is 9.22. The van der Waals surface area contributed by atoms with E-state index < -0.39 is 11.7 Å². The van der Waals surface area contributed by atoms with Crippen LogP contribution in [0.2, 0.25) is 0 Å². The van der Waals surface area contributed by atoms with E-state index in [0.29, 0.717) is 12.5 Å². The average Bonchev–Trinajstić information content (AvgIpc) is 2.46. The molecule has 126 valence electrons. The Morgan fingerprint density at radius 1 is 1.27 bits per heavy atom. The Morgan fingerprint density at radius 2 is 1.95 bits per heavy atom. The monoisotopic (exact) mass is 431 g/mol. The van der Waals surface area contributed by atoms with E-state index in [1.165, 1.54) is 19.2 Å². The number of hydrogen-bond donors (Lipinski definition) is 2. The van der Waals surface area contributed by atoms with Crippen LogP contribution in [0.3, 0.4) is 0 Å². The summed E-state index contributed by atoms with van der Waals surface area (Å²) in [5.74, 6) is 0.653. The SMILES string of the molecule is CCCNC(=NC)NCc1ccc(OC)cc1C(F)(F)F.I. The number of nitrogens with one attached hydrogen (secondary N) is 2. The summed E-state index contributed by atoms with van der Waals surface area (Å²) in [5, 5.41) is 5.87. The summed E-state index contributed by atoms with van der Waals surface area (Å²) in [4.78, 5) is 3.95. The number of hydrogen-bond acceptors (Lipinski definition) is 2. The molecule has 0 radical (unpaired) electrons. The van der Waals surface area contributed by atoms with Crippen molar-refractivity contribution in [2.75, 3.05) is 20.7 Å². The molecule has 0 aliphatic heterocycles. The highest BCUT2D eigenvalue weighted by molar-refractivity contribution is 14.0. The normalized spacial score (nSPS) is 11.6. The number of halogens is 4. The summed E-state index contributed by atoms with van der Waals surface area (Å²) < 4.78 is 44.0. The second-order valence-electron chi connectivity index (χ2n) is 4.37. The first-order chi connectivity index (χ1) is 9.92. The van der Waals surface area contributed by atoms with Gasteiger partial charge in [-0.15, -0.1) is 24.0 Å². The fourth-order valence-corrected chi connectivity index (χ4v) is 1.74. The molecule has 2 N–H and O–H groups in total. The minimum atomic E-state index is -4.42. The molecule has 0 heterocycles. The number of ether oxygens (including phenoxy) is 1. The lowest BCUT2D eigenvalue weighted by Gasteiger charge is -2.16. The molecule has 4 nitrogen and oxygen atoms in total. The molecule has 0 aliphatic rings. The Labute approximate surface area is 145 Å². The quantitative estimate of drug-likeness (QED) is 0.427. The van der Waals surface area contributed by atoms with Gasteiger partial charge in [-0.2, -0.15) is 13.2 Å². The van der Waals surface area contributed by atoms with Gasteiger partial charge in [-0.3, -0.25) is 4.99 Å². The van der Waals surface area contributed by atoms with Crippen molar-refractivity contribution in [1.82, 2.24) is 10.6 Å². The van der Waals surface area contributed by atoms with Gasteiger partial charge in [0, 0.05) is 20.1 Å². The molecule has 1 aromatic carbocycles. The van der Waals surface area contributed by atoms with E-state index in [-0.39, 0.29) is 41.8 Å². The Hall–Kier alpha value is -1.19. The molecule has 1 aromatic rings. The minimum absolute atomic E-state index is 0. The predicted octanol–water partition coefficient (Wildman–Crippen LogP) is 3.41. The third-order valence-corrected chi connectivity index (χ3v) is 2.83. The molecule has 0 atom stereocenters. The Balaban J connectivity index is 0.00000441. The van der Waals surface area contributed by atoms with Crippen molar-refractivity contribution in [2.45, 2.75) is 26.1 Å². The van der Waals surface area contributed by atoms with Crippen LogP contribution in [-0.2, 0) is 12.7 Å². The van der Waals surface area contributed by atoms with E-state index in [0.717, 1.165) is 12.5 Å². The molecule has 0 saturated carbocycles. The molecular formula is C14H21F3IN3O. The van der Waals surface area contributed by atoms with Crippen molar-refractivity contribution >= 4 is 29.9 Å². The third kappa shape index (κ3) is 6.29. The van der Waals surface area contributed by atoms with Gasteiger partial charge in [0.15, 0.2) is 5.96 Å². The maximum absolute atomic E-state index is 13.0. The van der Waals surface area contributed by atoms with Gasteiger partial charge in [0.05, 0.1) is 12.7 Å². The van der Waals surface area contributed by atoms with E-state index in [2.05, 4.69) is 15.6 Å². The van der Waals surface area contributed by atoms with Crippen molar-refractivity contribution < 1.29 is 17.9 Å². The number of guanidine groups is 1. The molecule has 0 aromatic heterocycles. The van der Waals surface area contributed by atoms with Crippen LogP contribution in [0.4, 0.5) is 13.2 Å². The van der Waals surface area contributed by atoms with E-state index in [1.54, 1.807) is 7.05 Å². The Bertz CT molecular complexity index is 493. The van der Waals surface area contributed by atoms with Crippen LogP contribution in [-0.4, -0.2) is 26.7 Å². The summed E-state index contributed by atoms with van der Waals surface area (Å²) in [6.07, 6.45) is -3.52. The van der Waals surface area contributed by atoms with Gasteiger partial charge < -0.3 is 15.4 Å². The predicted molar refractivity (Wildman–Crippen MR) is 91.9 cm³/mol. The van der Waals surface area contributed by atoms with Crippen molar-refractivity contribution in [3.05, 3.63) is 29.3 Å². The summed E-state index contributed by atoms with van der Waals surface area (Å²) in [6, 6.07) is 3.91. The van der Waals surface area contributed by atoms with Crippen LogP contribution >= 0.6 is 24.0 Å². The van der Waals surface area contributed by atoms with Gasteiger partial charge in [-0.25, -0.2) is 0 Å². The lowest BCUT2D eigenvalue weighted by molar-refractivity contribution is -0.138. The van der Waals surface area contributed by atoms with E-state index in [9.17, 15) is 13.2 Å². The number of benzene rings is 1. The zero-order valence-electron chi connectivity index (χ0n) is 12.8. The van der Waals surface area contributed by atoms with Crippen LogP contribution in [0, 0.1) is 0 Å². The highest BCUT2D eigenvalue weighted by atomic mass is 127. The fraction of sp³-hybridized carbons (Fsp3) is 0.500. The zero-order valence-corrected chi connectivity index (χ0v) is 15.1. The molecule has 0 bridgehead atoms. The maximum Gasteiger partial charge on any atom is 0.416 e. The van der Waals surface area contributed by atoms with Crippen LogP contribution in [0.1, 0.15) is 24.5 Å². The van der Waals surface area contributed by atoms with Gasteiger partial charge in [-0.05, 0) is 24.1 Å². The first-order valence-corrected chi connectivity index (χ1v) is 6.61. The molecule has 1 rings (SSSR count). The standard InChI is InChI=1S/C14H20F3N3O.HI/c1-4-7-19-13(18-2)20-9-10-5-6-11(21-3)8-12(10)14(15,16)17;/h5-6,8H,4,7,9H2,1-3H3,(H2,18,19,20);1H. The molecule has 0 aliphatic carbocycles. The second-order valence-corrected chi connectivity index (χ2v) is 4.37. The smallest absolute Gasteiger partial charge is 0.416 e. The van der Waals surface area contributed by atoms with Crippen molar-refractivity contribution in [3.8, 4) is 5.75 Å². The highest BCUT2D eigenvalue weighted by Crippen LogP contribution is 2.34. The number of rotatable bonds is 5. The molecule has 22 heavy (non-hydrogen) atoms. The topological polar surface area (TPSA) is 45.7 Å². The number of methoxy groups -OCH3 is 1. The number of nitrogens with zero attached hydrogens (tertiary/aromatic N) is 1. The van der Waals surface area contributed by atoms with Crippen LogP contribution in [0.15, 0.2) is 23.2 Å².